The van der Waals surface area contributed by atoms with Crippen LogP contribution in [0.1, 0.15) is 32.1 Å². The number of likely N-dealkylation sites (tertiary alicyclic amines) is 1. The first-order chi connectivity index (χ1) is 13.5. The van der Waals surface area contributed by atoms with Gasteiger partial charge in [0.25, 0.3) is 6.47 Å². The topological polar surface area (TPSA) is 116 Å². The van der Waals surface area contributed by atoms with Crippen molar-refractivity contribution in [1.82, 2.24) is 10.2 Å². The number of aliphatic hydroxyl groups is 1. The molecule has 28 heavy (non-hydrogen) atoms. The number of benzene rings is 1. The van der Waals surface area contributed by atoms with Crippen LogP contribution in [0, 0.1) is 5.41 Å². The third kappa shape index (κ3) is 5.45. The summed E-state index contributed by atoms with van der Waals surface area (Å²) in [5.74, 6) is 0.714. The van der Waals surface area contributed by atoms with Gasteiger partial charge in [0.2, 0.25) is 11.8 Å². The molecule has 2 atom stereocenters. The van der Waals surface area contributed by atoms with Crippen molar-refractivity contribution >= 4 is 18.3 Å². The van der Waals surface area contributed by atoms with Crippen molar-refractivity contribution in [2.45, 2.75) is 38.2 Å². The Bertz CT molecular complexity index is 653. The maximum Gasteiger partial charge on any atom is 0.290 e. The van der Waals surface area contributed by atoms with Crippen LogP contribution in [0.4, 0.5) is 0 Å². The lowest BCUT2D eigenvalue weighted by Gasteiger charge is -2.46. The van der Waals surface area contributed by atoms with Gasteiger partial charge in [-0.1, -0.05) is 18.2 Å². The minimum atomic E-state index is -0.827. The summed E-state index contributed by atoms with van der Waals surface area (Å²) in [5.41, 5.74) is -0.827. The van der Waals surface area contributed by atoms with Crippen LogP contribution in [0.25, 0.3) is 0 Å². The molecule has 1 aromatic carbocycles. The third-order valence-electron chi connectivity index (χ3n) is 5.22. The Hall–Kier alpha value is -2.61. The highest BCUT2D eigenvalue weighted by Gasteiger charge is 2.50. The first kappa shape index (κ1) is 21.7. The highest BCUT2D eigenvalue weighted by molar-refractivity contribution is 5.86. The van der Waals surface area contributed by atoms with Gasteiger partial charge >= 0.3 is 0 Å². The summed E-state index contributed by atoms with van der Waals surface area (Å²) in [6.45, 7) is 1.71. The summed E-state index contributed by atoms with van der Waals surface area (Å²) in [4.78, 5) is 34.9. The van der Waals surface area contributed by atoms with Gasteiger partial charge in [0, 0.05) is 26.1 Å². The quantitative estimate of drug-likeness (QED) is 0.509. The van der Waals surface area contributed by atoms with Crippen LogP contribution in [0.2, 0.25) is 0 Å². The van der Waals surface area contributed by atoms with E-state index in [0.717, 1.165) is 12.2 Å². The van der Waals surface area contributed by atoms with Gasteiger partial charge in [-0.05, 0) is 37.8 Å². The molecule has 3 N–H and O–H groups in total. The molecule has 2 fully saturated rings. The SMILES string of the molecule is O=C(CCCOc1ccccc1)N1CC[C@@H](O)[C@@]2(CCCNC2=O)C1.O=CO. The van der Waals surface area contributed by atoms with Crippen LogP contribution >= 0.6 is 0 Å². The zero-order valence-electron chi connectivity index (χ0n) is 15.9. The molecule has 2 heterocycles. The summed E-state index contributed by atoms with van der Waals surface area (Å²) in [6, 6.07) is 9.53. The molecule has 1 aromatic rings. The van der Waals surface area contributed by atoms with Gasteiger partial charge in [-0.3, -0.25) is 14.4 Å². The van der Waals surface area contributed by atoms with Gasteiger partial charge in [-0.15, -0.1) is 0 Å². The lowest BCUT2D eigenvalue weighted by molar-refractivity contribution is -0.154. The Kier molecular flexibility index (Phi) is 8.25. The number of rotatable bonds is 5. The fraction of sp³-hybridized carbons (Fsp3) is 0.550. The minimum Gasteiger partial charge on any atom is -0.494 e. The molecule has 0 unspecified atom stereocenters. The molecule has 8 nitrogen and oxygen atoms in total. The smallest absolute Gasteiger partial charge is 0.290 e. The Morgan fingerprint density at radius 2 is 2.07 bits per heavy atom. The van der Waals surface area contributed by atoms with Gasteiger partial charge in [-0.2, -0.15) is 0 Å². The van der Waals surface area contributed by atoms with Crippen molar-refractivity contribution in [3.8, 4) is 5.75 Å². The van der Waals surface area contributed by atoms with E-state index < -0.39 is 11.5 Å². The number of carboxylic acid groups (broad SMARTS) is 1. The fourth-order valence-electron chi connectivity index (χ4n) is 3.74. The van der Waals surface area contributed by atoms with Gasteiger partial charge in [0.05, 0.1) is 18.1 Å². The van der Waals surface area contributed by atoms with Crippen molar-refractivity contribution in [2.75, 3.05) is 26.2 Å². The molecule has 0 aromatic heterocycles. The standard InChI is InChI=1S/C19H26N2O4.CH2O2/c22-16-9-12-21(14-19(16)10-5-11-20-18(19)24)17(23)8-4-13-25-15-6-2-1-3-7-15;2-1-3/h1-3,6-7,16,22H,4-5,8-14H2,(H,20,24);1H,(H,2,3)/t16-,19-;/m1./s1. The molecule has 0 radical (unpaired) electrons. The summed E-state index contributed by atoms with van der Waals surface area (Å²) in [7, 11) is 0. The number of hydrogen-bond acceptors (Lipinski definition) is 5. The van der Waals surface area contributed by atoms with Crippen molar-refractivity contribution in [1.29, 1.82) is 0 Å². The van der Waals surface area contributed by atoms with E-state index in [1.807, 2.05) is 30.3 Å². The van der Waals surface area contributed by atoms with Crippen LogP contribution < -0.4 is 10.1 Å². The summed E-state index contributed by atoms with van der Waals surface area (Å²) < 4.78 is 5.61. The molecule has 0 saturated carbocycles. The average molecular weight is 392 g/mol. The predicted molar refractivity (Wildman–Crippen MR) is 102 cm³/mol. The molecule has 2 saturated heterocycles. The minimum absolute atomic E-state index is 0.0290. The first-order valence-electron chi connectivity index (χ1n) is 9.53. The average Bonchev–Trinajstić information content (AvgIpc) is 2.71. The van der Waals surface area contributed by atoms with Gasteiger partial charge in [-0.25, -0.2) is 0 Å². The molecule has 0 aliphatic carbocycles. The van der Waals surface area contributed by atoms with E-state index in [1.54, 1.807) is 4.90 Å². The number of nitrogens with zero attached hydrogens (tertiary/aromatic N) is 1. The Labute approximate surface area is 164 Å². The van der Waals surface area contributed by atoms with Gasteiger partial charge < -0.3 is 25.2 Å². The molecule has 154 valence electrons. The van der Waals surface area contributed by atoms with E-state index >= 15 is 0 Å². The summed E-state index contributed by atoms with van der Waals surface area (Å²) >= 11 is 0. The molecule has 2 amide bonds. The van der Waals surface area contributed by atoms with Gasteiger partial charge in [0.15, 0.2) is 0 Å². The van der Waals surface area contributed by atoms with Crippen LogP contribution in [-0.4, -0.2) is 65.7 Å². The van der Waals surface area contributed by atoms with Crippen molar-refractivity contribution in [3.05, 3.63) is 30.3 Å². The molecular weight excluding hydrogens is 364 g/mol. The number of amides is 2. The van der Waals surface area contributed by atoms with E-state index in [2.05, 4.69) is 5.32 Å². The molecule has 1 spiro atoms. The second kappa shape index (κ2) is 10.7. The lowest BCUT2D eigenvalue weighted by atomic mass is 9.71. The maximum absolute atomic E-state index is 12.5. The molecule has 2 aliphatic heterocycles. The highest BCUT2D eigenvalue weighted by atomic mass is 16.5. The summed E-state index contributed by atoms with van der Waals surface area (Å²) in [5, 5.41) is 20.1. The fourth-order valence-corrected chi connectivity index (χ4v) is 3.74. The second-order valence-electron chi connectivity index (χ2n) is 7.01. The zero-order valence-corrected chi connectivity index (χ0v) is 15.9. The number of para-hydroxylation sites is 1. The zero-order chi connectivity index (χ0) is 20.4. The van der Waals surface area contributed by atoms with Crippen molar-refractivity contribution in [2.24, 2.45) is 5.41 Å². The largest absolute Gasteiger partial charge is 0.494 e. The second-order valence-corrected chi connectivity index (χ2v) is 7.01. The van der Waals surface area contributed by atoms with Crippen LogP contribution in [-0.2, 0) is 14.4 Å². The summed E-state index contributed by atoms with van der Waals surface area (Å²) in [6.07, 6.45) is 2.29. The highest BCUT2D eigenvalue weighted by Crippen LogP contribution is 2.37. The Morgan fingerprint density at radius 1 is 1.36 bits per heavy atom. The lowest BCUT2D eigenvalue weighted by Crippen LogP contribution is -2.62. The number of piperidine rings is 2. The van der Waals surface area contributed by atoms with E-state index in [0.29, 0.717) is 51.9 Å². The van der Waals surface area contributed by atoms with Crippen molar-refractivity contribution in [3.63, 3.8) is 0 Å². The number of ether oxygens (including phenoxy) is 1. The Morgan fingerprint density at radius 3 is 2.75 bits per heavy atom. The van der Waals surface area contributed by atoms with Crippen LogP contribution in [0.3, 0.4) is 0 Å². The number of nitrogens with one attached hydrogen (secondary N) is 1. The van der Waals surface area contributed by atoms with E-state index in [9.17, 15) is 14.7 Å². The van der Waals surface area contributed by atoms with E-state index in [-0.39, 0.29) is 18.3 Å². The molecule has 3 rings (SSSR count). The predicted octanol–water partition coefficient (Wildman–Crippen LogP) is 1.04. The first-order valence-corrected chi connectivity index (χ1v) is 9.53. The molecule has 8 heteroatoms. The number of carbonyl (C=O) groups excluding carboxylic acids is 2. The van der Waals surface area contributed by atoms with Crippen LogP contribution in [0.15, 0.2) is 30.3 Å². The molecule has 0 bridgehead atoms. The van der Waals surface area contributed by atoms with Crippen LogP contribution in [0.5, 0.6) is 5.75 Å². The maximum atomic E-state index is 12.5. The number of hydrogen-bond donors (Lipinski definition) is 3. The van der Waals surface area contributed by atoms with E-state index in [1.165, 1.54) is 0 Å². The normalized spacial score (nSPS) is 24.0. The monoisotopic (exact) mass is 392 g/mol. The van der Waals surface area contributed by atoms with E-state index in [4.69, 9.17) is 14.6 Å². The number of aliphatic hydroxyl groups excluding tert-OH is 1. The third-order valence-corrected chi connectivity index (χ3v) is 5.22. The van der Waals surface area contributed by atoms with Crippen molar-refractivity contribution < 1.29 is 29.3 Å². The molecule has 2 aliphatic rings. The Balaban J connectivity index is 0.000000878. The molecular formula is C20H28N2O6. The number of carbonyl (C=O) groups is 3. The van der Waals surface area contributed by atoms with Gasteiger partial charge in [0.1, 0.15) is 5.75 Å².